The summed E-state index contributed by atoms with van der Waals surface area (Å²) in [5.74, 6) is 0.489. The molecule has 0 saturated heterocycles. The number of carbonyl (C=O) groups excluding carboxylic acids is 1. The van der Waals surface area contributed by atoms with Crippen molar-refractivity contribution in [2.24, 2.45) is 0 Å². The van der Waals surface area contributed by atoms with E-state index in [1.54, 1.807) is 23.0 Å². The third-order valence-corrected chi connectivity index (χ3v) is 3.13. The molecule has 0 fully saturated rings. The summed E-state index contributed by atoms with van der Waals surface area (Å²) >= 11 is 0. The number of benzene rings is 1. The van der Waals surface area contributed by atoms with Crippen LogP contribution in [0.25, 0.3) is 0 Å². The summed E-state index contributed by atoms with van der Waals surface area (Å²) in [5.41, 5.74) is 0.683. The van der Waals surface area contributed by atoms with Gasteiger partial charge in [-0.1, -0.05) is 6.07 Å². The molecule has 0 aliphatic heterocycles. The van der Waals surface area contributed by atoms with Gasteiger partial charge in [-0.3, -0.25) is 0 Å². The van der Waals surface area contributed by atoms with Gasteiger partial charge in [0, 0.05) is 0 Å². The van der Waals surface area contributed by atoms with Gasteiger partial charge < -0.3 is 14.8 Å². The minimum absolute atomic E-state index is 0.238. The summed E-state index contributed by atoms with van der Waals surface area (Å²) in [6.07, 6.45) is 0. The highest BCUT2D eigenvalue weighted by molar-refractivity contribution is 5.98. The molecule has 1 heterocycles. The number of nitrogens with one attached hydrogen (secondary N) is 1. The summed E-state index contributed by atoms with van der Waals surface area (Å²) in [5, 5.41) is 15.5. The van der Waals surface area contributed by atoms with Crippen LogP contribution in [0.2, 0.25) is 0 Å². The zero-order chi connectivity index (χ0) is 17.0. The Hall–Kier alpha value is -2.64. The quantitative estimate of drug-likeness (QED) is 0.841. The number of hydrogen-bond donors (Lipinski definition) is 1. The summed E-state index contributed by atoms with van der Waals surface area (Å²) in [7, 11) is 2.83. The Morgan fingerprint density at radius 3 is 2.61 bits per heavy atom. The van der Waals surface area contributed by atoms with Crippen LogP contribution in [0.15, 0.2) is 18.2 Å². The second-order valence-corrected chi connectivity index (χ2v) is 5.89. The number of ether oxygens (including phenoxy) is 2. The van der Waals surface area contributed by atoms with Crippen molar-refractivity contribution in [2.45, 2.75) is 32.9 Å². The van der Waals surface area contributed by atoms with Crippen LogP contribution in [0.5, 0.6) is 5.75 Å². The average molecular weight is 319 g/mol. The molecule has 0 aliphatic rings. The molecule has 0 unspecified atom stereocenters. The van der Waals surface area contributed by atoms with Gasteiger partial charge in [0.05, 0.1) is 32.0 Å². The number of anilines is 1. The van der Waals surface area contributed by atoms with Crippen LogP contribution < -0.4 is 10.1 Å². The van der Waals surface area contributed by atoms with Crippen LogP contribution >= 0.6 is 0 Å². The highest BCUT2D eigenvalue weighted by atomic mass is 16.5. The second-order valence-electron chi connectivity index (χ2n) is 5.89. The Morgan fingerprint density at radius 1 is 1.30 bits per heavy atom. The van der Waals surface area contributed by atoms with Gasteiger partial charge in [0.2, 0.25) is 0 Å². The van der Waals surface area contributed by atoms with Crippen molar-refractivity contribution < 1.29 is 14.3 Å². The van der Waals surface area contributed by atoms with Gasteiger partial charge in [0.15, 0.2) is 5.82 Å². The summed E-state index contributed by atoms with van der Waals surface area (Å²) in [6.45, 7) is 6.29. The minimum Gasteiger partial charge on any atom is -0.496 e. The van der Waals surface area contributed by atoms with Crippen LogP contribution in [-0.4, -0.2) is 40.4 Å². The molecular formula is C15H21N5O3. The summed E-state index contributed by atoms with van der Waals surface area (Å²) in [4.78, 5) is 13.5. The Kier molecular flexibility index (Phi) is 4.83. The minimum atomic E-state index is -0.476. The molecule has 1 aromatic heterocycles. The van der Waals surface area contributed by atoms with Gasteiger partial charge in [0.25, 0.3) is 0 Å². The fraction of sp³-hybridized carbons (Fsp3) is 0.467. The van der Waals surface area contributed by atoms with E-state index in [1.165, 1.54) is 14.2 Å². The number of rotatable bonds is 5. The van der Waals surface area contributed by atoms with Crippen molar-refractivity contribution in [3.05, 3.63) is 29.6 Å². The number of carbonyl (C=O) groups is 1. The largest absolute Gasteiger partial charge is 0.496 e. The number of aromatic nitrogens is 4. The van der Waals surface area contributed by atoms with E-state index < -0.39 is 5.97 Å². The third kappa shape index (κ3) is 3.77. The van der Waals surface area contributed by atoms with E-state index >= 15 is 0 Å². The van der Waals surface area contributed by atoms with Crippen LogP contribution in [-0.2, 0) is 16.8 Å². The molecule has 23 heavy (non-hydrogen) atoms. The van der Waals surface area contributed by atoms with Gasteiger partial charge in [-0.05, 0) is 38.1 Å². The molecule has 0 spiro atoms. The fourth-order valence-electron chi connectivity index (χ4n) is 1.93. The molecule has 0 bridgehead atoms. The predicted octanol–water partition coefficient (Wildman–Crippen LogP) is 1.84. The smallest absolute Gasteiger partial charge is 0.343 e. The van der Waals surface area contributed by atoms with Gasteiger partial charge in [0.1, 0.15) is 11.3 Å². The van der Waals surface area contributed by atoms with E-state index in [1.807, 2.05) is 20.8 Å². The molecule has 0 saturated carbocycles. The van der Waals surface area contributed by atoms with E-state index in [4.69, 9.17) is 9.47 Å². The Balaban J connectivity index is 2.20. The second kappa shape index (κ2) is 6.64. The first-order chi connectivity index (χ1) is 10.9. The lowest BCUT2D eigenvalue weighted by molar-refractivity contribution is 0.0598. The molecule has 8 heteroatoms. The normalized spacial score (nSPS) is 11.2. The first-order valence-corrected chi connectivity index (χ1v) is 7.15. The standard InChI is InChI=1S/C15H21N5O3/c1-15(2,3)20-18-12(17-19-20)9-16-10-7-6-8-11(22-4)13(10)14(21)23-5/h6-8,16H,9H2,1-5H3. The lowest BCUT2D eigenvalue weighted by Crippen LogP contribution is -2.24. The van der Waals surface area contributed by atoms with Crippen molar-refractivity contribution in [3.63, 3.8) is 0 Å². The molecule has 0 aliphatic carbocycles. The first-order valence-electron chi connectivity index (χ1n) is 7.15. The van der Waals surface area contributed by atoms with Crippen LogP contribution in [0.4, 0.5) is 5.69 Å². The number of methoxy groups -OCH3 is 2. The Labute approximate surface area is 134 Å². The number of nitrogens with zero attached hydrogens (tertiary/aromatic N) is 4. The van der Waals surface area contributed by atoms with Crippen molar-refractivity contribution in [1.82, 2.24) is 20.2 Å². The maximum Gasteiger partial charge on any atom is 0.343 e. The van der Waals surface area contributed by atoms with Gasteiger partial charge in [-0.15, -0.1) is 10.2 Å². The molecule has 124 valence electrons. The highest BCUT2D eigenvalue weighted by Gasteiger charge is 2.19. The van der Waals surface area contributed by atoms with Gasteiger partial charge >= 0.3 is 5.97 Å². The van der Waals surface area contributed by atoms with Crippen LogP contribution in [0.3, 0.4) is 0 Å². The maximum atomic E-state index is 12.0. The molecule has 1 N–H and O–H groups in total. The van der Waals surface area contributed by atoms with Crippen LogP contribution in [0, 0.1) is 0 Å². The summed E-state index contributed by atoms with van der Waals surface area (Å²) in [6, 6.07) is 5.25. The lowest BCUT2D eigenvalue weighted by atomic mass is 10.1. The van der Waals surface area contributed by atoms with E-state index in [9.17, 15) is 4.79 Å². The number of tetrazole rings is 1. The first kappa shape index (κ1) is 16.7. The molecule has 2 aromatic rings. The van der Waals surface area contributed by atoms with Crippen molar-refractivity contribution in [3.8, 4) is 5.75 Å². The van der Waals surface area contributed by atoms with Gasteiger partial charge in [-0.2, -0.15) is 4.80 Å². The van der Waals surface area contributed by atoms with E-state index in [-0.39, 0.29) is 5.54 Å². The average Bonchev–Trinajstić information content (AvgIpc) is 3.00. The molecule has 0 amide bonds. The molecule has 0 atom stereocenters. The predicted molar refractivity (Wildman–Crippen MR) is 84.5 cm³/mol. The maximum absolute atomic E-state index is 12.0. The topological polar surface area (TPSA) is 91.2 Å². The summed E-state index contributed by atoms with van der Waals surface area (Å²) < 4.78 is 10.0. The zero-order valence-corrected chi connectivity index (χ0v) is 14.0. The number of esters is 1. The van der Waals surface area contributed by atoms with Gasteiger partial charge in [-0.25, -0.2) is 4.79 Å². The van der Waals surface area contributed by atoms with Crippen molar-refractivity contribution in [1.29, 1.82) is 0 Å². The molecule has 0 radical (unpaired) electrons. The molecular weight excluding hydrogens is 298 g/mol. The zero-order valence-electron chi connectivity index (χ0n) is 14.0. The SMILES string of the molecule is COC(=O)c1c(NCc2nnn(C(C)(C)C)n2)cccc1OC. The van der Waals surface area contributed by atoms with Crippen molar-refractivity contribution >= 4 is 11.7 Å². The van der Waals surface area contributed by atoms with E-state index in [2.05, 4.69) is 20.7 Å². The third-order valence-electron chi connectivity index (χ3n) is 3.13. The van der Waals surface area contributed by atoms with Crippen molar-refractivity contribution in [2.75, 3.05) is 19.5 Å². The van der Waals surface area contributed by atoms with E-state index in [0.29, 0.717) is 29.4 Å². The Morgan fingerprint density at radius 2 is 2.04 bits per heavy atom. The van der Waals surface area contributed by atoms with Crippen LogP contribution in [0.1, 0.15) is 37.0 Å². The Bertz CT molecular complexity index is 691. The monoisotopic (exact) mass is 319 g/mol. The molecule has 1 aromatic carbocycles. The number of hydrogen-bond acceptors (Lipinski definition) is 7. The fourth-order valence-corrected chi connectivity index (χ4v) is 1.93. The van der Waals surface area contributed by atoms with E-state index in [0.717, 1.165) is 0 Å². The molecule has 8 nitrogen and oxygen atoms in total. The molecule has 2 rings (SSSR count). The lowest BCUT2D eigenvalue weighted by Gasteiger charge is -2.15. The highest BCUT2D eigenvalue weighted by Crippen LogP contribution is 2.27.